The fourth-order valence-corrected chi connectivity index (χ4v) is 4.19. The van der Waals surface area contributed by atoms with Gasteiger partial charge in [0.15, 0.2) is 6.61 Å². The van der Waals surface area contributed by atoms with Crippen LogP contribution in [0.1, 0.15) is 44.6 Å². The number of nitrogens with zero attached hydrogens (tertiary/aromatic N) is 1. The number of carbonyl (C=O) groups excluding carboxylic acids is 2. The Kier molecular flexibility index (Phi) is 8.46. The van der Waals surface area contributed by atoms with Gasteiger partial charge in [-0.2, -0.15) is 0 Å². The molecule has 1 aliphatic rings. The Bertz CT molecular complexity index is 885. The minimum absolute atomic E-state index is 0.156. The van der Waals surface area contributed by atoms with Crippen LogP contribution in [-0.2, 0) is 16.1 Å². The predicted molar refractivity (Wildman–Crippen MR) is 121 cm³/mol. The molecule has 1 N–H and O–H groups in total. The second-order valence-electron chi connectivity index (χ2n) is 7.91. The van der Waals surface area contributed by atoms with Crippen molar-refractivity contribution in [1.82, 2.24) is 10.2 Å². The number of benzene rings is 2. The molecule has 1 atom stereocenters. The number of hydrogen-bond acceptors (Lipinski definition) is 3. The van der Waals surface area contributed by atoms with Crippen molar-refractivity contribution >= 4 is 27.7 Å². The van der Waals surface area contributed by atoms with Gasteiger partial charge in [-0.25, -0.2) is 4.39 Å². The van der Waals surface area contributed by atoms with Crippen molar-refractivity contribution in [3.8, 4) is 5.75 Å². The fourth-order valence-electron chi connectivity index (χ4n) is 3.74. The Morgan fingerprint density at radius 1 is 1.16 bits per heavy atom. The van der Waals surface area contributed by atoms with Gasteiger partial charge in [-0.15, -0.1) is 0 Å². The summed E-state index contributed by atoms with van der Waals surface area (Å²) in [6, 6.07) is 12.7. The van der Waals surface area contributed by atoms with Crippen LogP contribution in [-0.4, -0.2) is 35.4 Å². The molecule has 0 aliphatic heterocycles. The van der Waals surface area contributed by atoms with E-state index in [4.69, 9.17) is 4.74 Å². The molecular weight excluding hydrogens is 463 g/mol. The molecule has 0 heterocycles. The third-order valence-corrected chi connectivity index (χ3v) is 6.03. The summed E-state index contributed by atoms with van der Waals surface area (Å²) >= 11 is 3.45. The predicted octanol–water partition coefficient (Wildman–Crippen LogP) is 4.83. The van der Waals surface area contributed by atoms with Crippen LogP contribution in [0.3, 0.4) is 0 Å². The molecule has 0 radical (unpaired) electrons. The first-order chi connectivity index (χ1) is 14.9. The maximum Gasteiger partial charge on any atom is 0.261 e. The first kappa shape index (κ1) is 23.3. The highest BCUT2D eigenvalue weighted by molar-refractivity contribution is 9.10. The van der Waals surface area contributed by atoms with Gasteiger partial charge in [-0.1, -0.05) is 47.3 Å². The van der Waals surface area contributed by atoms with Gasteiger partial charge >= 0.3 is 0 Å². The van der Waals surface area contributed by atoms with E-state index in [1.165, 1.54) is 35.6 Å². The number of hydrogen-bond donors (Lipinski definition) is 1. The maximum atomic E-state index is 13.1. The Balaban J connectivity index is 1.70. The van der Waals surface area contributed by atoms with E-state index in [1.807, 2.05) is 24.3 Å². The van der Waals surface area contributed by atoms with Crippen LogP contribution in [0.2, 0.25) is 0 Å². The van der Waals surface area contributed by atoms with Crippen molar-refractivity contribution < 1.29 is 18.7 Å². The summed E-state index contributed by atoms with van der Waals surface area (Å²) in [4.78, 5) is 27.5. The van der Waals surface area contributed by atoms with Gasteiger partial charge in [0.2, 0.25) is 5.91 Å². The lowest BCUT2D eigenvalue weighted by molar-refractivity contribution is -0.142. The van der Waals surface area contributed by atoms with Gasteiger partial charge in [0.1, 0.15) is 17.6 Å². The Labute approximate surface area is 191 Å². The minimum Gasteiger partial charge on any atom is -0.484 e. The lowest BCUT2D eigenvalue weighted by atomic mass is 9.95. The highest BCUT2D eigenvalue weighted by Crippen LogP contribution is 2.19. The lowest BCUT2D eigenvalue weighted by Crippen LogP contribution is -2.51. The van der Waals surface area contributed by atoms with Crippen molar-refractivity contribution in [2.45, 2.75) is 57.7 Å². The van der Waals surface area contributed by atoms with Crippen molar-refractivity contribution in [3.05, 3.63) is 64.4 Å². The third-order valence-electron chi connectivity index (χ3n) is 5.54. The smallest absolute Gasteiger partial charge is 0.261 e. The van der Waals surface area contributed by atoms with E-state index in [2.05, 4.69) is 21.2 Å². The molecule has 1 saturated carbocycles. The van der Waals surface area contributed by atoms with E-state index in [9.17, 15) is 14.0 Å². The van der Waals surface area contributed by atoms with Crippen molar-refractivity contribution in [2.24, 2.45) is 0 Å². The third kappa shape index (κ3) is 7.06. The van der Waals surface area contributed by atoms with Gasteiger partial charge in [0.05, 0.1) is 0 Å². The largest absolute Gasteiger partial charge is 0.484 e. The van der Waals surface area contributed by atoms with Crippen LogP contribution in [0, 0.1) is 5.82 Å². The van der Waals surface area contributed by atoms with E-state index >= 15 is 0 Å². The second-order valence-corrected chi connectivity index (χ2v) is 8.83. The fraction of sp³-hybridized carbons (Fsp3) is 0.417. The molecule has 5 nitrogen and oxygen atoms in total. The summed E-state index contributed by atoms with van der Waals surface area (Å²) in [5, 5.41) is 3.11. The number of halogens is 2. The van der Waals surface area contributed by atoms with Crippen molar-refractivity contribution in [1.29, 1.82) is 0 Å². The molecule has 166 valence electrons. The van der Waals surface area contributed by atoms with Crippen LogP contribution in [0.25, 0.3) is 0 Å². The van der Waals surface area contributed by atoms with Crippen LogP contribution >= 0.6 is 15.9 Å². The quantitative estimate of drug-likeness (QED) is 0.576. The average molecular weight is 491 g/mol. The highest BCUT2D eigenvalue weighted by Gasteiger charge is 2.28. The molecular formula is C24H28BrFN2O3. The molecule has 31 heavy (non-hydrogen) atoms. The summed E-state index contributed by atoms with van der Waals surface area (Å²) in [6.07, 6.45) is 5.39. The highest BCUT2D eigenvalue weighted by atomic mass is 79.9. The molecule has 2 amide bonds. The summed E-state index contributed by atoms with van der Waals surface area (Å²) in [5.74, 6) is -0.438. The Hall–Kier alpha value is -2.41. The van der Waals surface area contributed by atoms with Gasteiger partial charge in [0, 0.05) is 17.1 Å². The summed E-state index contributed by atoms with van der Waals surface area (Å²) in [5.41, 5.74) is 0.904. The van der Waals surface area contributed by atoms with Crippen molar-refractivity contribution in [3.63, 3.8) is 0 Å². The first-order valence-corrected chi connectivity index (χ1v) is 11.4. The van der Waals surface area contributed by atoms with Crippen LogP contribution in [0.15, 0.2) is 53.0 Å². The van der Waals surface area contributed by atoms with Gasteiger partial charge in [-0.3, -0.25) is 9.59 Å². The van der Waals surface area contributed by atoms with E-state index in [0.29, 0.717) is 5.75 Å². The number of ether oxygens (including phenoxy) is 1. The van der Waals surface area contributed by atoms with Gasteiger partial charge in [-0.05, 0) is 61.7 Å². The Morgan fingerprint density at radius 2 is 1.87 bits per heavy atom. The zero-order valence-electron chi connectivity index (χ0n) is 17.7. The first-order valence-electron chi connectivity index (χ1n) is 10.6. The number of amides is 2. The monoisotopic (exact) mass is 490 g/mol. The molecule has 3 rings (SSSR count). The standard InChI is InChI=1S/C24H28BrFN2O3/c1-17(24(30)27-21-8-3-2-4-9-21)28(15-18-6-5-7-19(25)14-18)23(29)16-31-22-12-10-20(26)11-13-22/h5-7,10-14,17,21H,2-4,8-9,15-16H2,1H3,(H,27,30)/t17-/m0/s1. The summed E-state index contributed by atoms with van der Waals surface area (Å²) in [7, 11) is 0. The van der Waals surface area contributed by atoms with E-state index < -0.39 is 6.04 Å². The minimum atomic E-state index is -0.648. The molecule has 1 fully saturated rings. The van der Waals surface area contributed by atoms with E-state index in [0.717, 1.165) is 35.7 Å². The average Bonchev–Trinajstić information content (AvgIpc) is 2.77. The number of rotatable bonds is 8. The molecule has 1 aliphatic carbocycles. The van der Waals surface area contributed by atoms with Crippen LogP contribution in [0.5, 0.6) is 5.75 Å². The molecule has 0 bridgehead atoms. The second kappa shape index (κ2) is 11.3. The Morgan fingerprint density at radius 3 is 2.55 bits per heavy atom. The van der Waals surface area contributed by atoms with Crippen LogP contribution in [0.4, 0.5) is 4.39 Å². The molecule has 7 heteroatoms. The molecule has 0 saturated heterocycles. The van der Waals surface area contributed by atoms with Crippen molar-refractivity contribution in [2.75, 3.05) is 6.61 Å². The zero-order valence-corrected chi connectivity index (χ0v) is 19.2. The normalized spacial score (nSPS) is 15.2. The SMILES string of the molecule is C[C@@H](C(=O)NC1CCCCC1)N(Cc1cccc(Br)c1)C(=O)COc1ccc(F)cc1. The van der Waals surface area contributed by atoms with Gasteiger partial charge < -0.3 is 15.0 Å². The number of nitrogens with one attached hydrogen (secondary N) is 1. The van der Waals surface area contributed by atoms with E-state index in [1.54, 1.807) is 6.92 Å². The number of carbonyl (C=O) groups is 2. The molecule has 2 aromatic rings. The zero-order chi connectivity index (χ0) is 22.2. The summed E-state index contributed by atoms with van der Waals surface area (Å²) < 4.78 is 19.5. The maximum absolute atomic E-state index is 13.1. The van der Waals surface area contributed by atoms with Crippen LogP contribution < -0.4 is 10.1 Å². The molecule has 0 spiro atoms. The lowest BCUT2D eigenvalue weighted by Gasteiger charge is -2.31. The topological polar surface area (TPSA) is 58.6 Å². The van der Waals surface area contributed by atoms with E-state index in [-0.39, 0.29) is 36.8 Å². The van der Waals surface area contributed by atoms with Gasteiger partial charge in [0.25, 0.3) is 5.91 Å². The molecule has 0 aromatic heterocycles. The molecule has 0 unspecified atom stereocenters. The summed E-state index contributed by atoms with van der Waals surface area (Å²) in [6.45, 7) is 1.79. The molecule has 2 aromatic carbocycles.